The van der Waals surface area contributed by atoms with E-state index in [1.165, 1.54) is 38.5 Å². The highest BCUT2D eigenvalue weighted by Crippen LogP contribution is 2.10. The third kappa shape index (κ3) is 7.14. The number of piperazine rings is 1. The number of carbonyl (C=O) groups is 1. The van der Waals surface area contributed by atoms with Gasteiger partial charge in [-0.1, -0.05) is 26.7 Å². The summed E-state index contributed by atoms with van der Waals surface area (Å²) in [6, 6.07) is 0. The first-order valence-electron chi connectivity index (χ1n) is 10.6. The second-order valence-corrected chi connectivity index (χ2v) is 8.07. The van der Waals surface area contributed by atoms with Gasteiger partial charge in [0.05, 0.1) is 6.54 Å². The van der Waals surface area contributed by atoms with Gasteiger partial charge in [0.15, 0.2) is 5.96 Å². The number of rotatable bonds is 7. The lowest BCUT2D eigenvalue weighted by Gasteiger charge is -2.37. The molecule has 6 nitrogen and oxygen atoms in total. The molecule has 150 valence electrons. The maximum Gasteiger partial charge on any atom is 0.236 e. The van der Waals surface area contributed by atoms with Crippen molar-refractivity contribution >= 4 is 11.9 Å². The van der Waals surface area contributed by atoms with E-state index in [1.807, 2.05) is 11.9 Å². The van der Waals surface area contributed by atoms with Gasteiger partial charge in [-0.2, -0.15) is 0 Å². The van der Waals surface area contributed by atoms with E-state index >= 15 is 0 Å². The Hall–Kier alpha value is -1.30. The van der Waals surface area contributed by atoms with Crippen LogP contribution in [0.25, 0.3) is 0 Å². The van der Waals surface area contributed by atoms with Gasteiger partial charge in [0, 0.05) is 52.9 Å². The fraction of sp³-hybridized carbons (Fsp3) is 0.900. The third-order valence-electron chi connectivity index (χ3n) is 5.44. The minimum atomic E-state index is 0.311. The summed E-state index contributed by atoms with van der Waals surface area (Å²) in [6.45, 7) is 11.8. The van der Waals surface area contributed by atoms with E-state index in [9.17, 15) is 4.79 Å². The Kier molecular flexibility index (Phi) is 9.23. The van der Waals surface area contributed by atoms with Crippen LogP contribution in [0.5, 0.6) is 0 Å². The summed E-state index contributed by atoms with van der Waals surface area (Å²) in [6.07, 6.45) is 7.36. The summed E-state index contributed by atoms with van der Waals surface area (Å²) in [4.78, 5) is 23.5. The summed E-state index contributed by atoms with van der Waals surface area (Å²) < 4.78 is 0. The third-order valence-corrected chi connectivity index (χ3v) is 5.44. The molecule has 0 spiro atoms. The van der Waals surface area contributed by atoms with E-state index in [4.69, 9.17) is 0 Å². The second-order valence-electron chi connectivity index (χ2n) is 8.07. The average molecular weight is 366 g/mol. The minimum Gasteiger partial charge on any atom is -0.356 e. The Morgan fingerprint density at radius 2 is 1.65 bits per heavy atom. The summed E-state index contributed by atoms with van der Waals surface area (Å²) >= 11 is 0. The molecule has 0 atom stereocenters. The SMILES string of the molecule is CN=C(NCCCCC(C)C)N1CCN(CC(=O)N2CCCCC2)CC1. The first kappa shape index (κ1) is 21.0. The Morgan fingerprint density at radius 3 is 2.27 bits per heavy atom. The van der Waals surface area contributed by atoms with Gasteiger partial charge < -0.3 is 15.1 Å². The van der Waals surface area contributed by atoms with Gasteiger partial charge in [0.1, 0.15) is 0 Å². The van der Waals surface area contributed by atoms with Crippen LogP contribution in [0, 0.1) is 5.92 Å². The number of likely N-dealkylation sites (tertiary alicyclic amines) is 1. The zero-order chi connectivity index (χ0) is 18.8. The molecular weight excluding hydrogens is 326 g/mol. The van der Waals surface area contributed by atoms with Crippen LogP contribution in [0.3, 0.4) is 0 Å². The van der Waals surface area contributed by atoms with Crippen LogP contribution in [0.15, 0.2) is 4.99 Å². The molecule has 0 unspecified atom stereocenters. The topological polar surface area (TPSA) is 51.2 Å². The van der Waals surface area contributed by atoms with Crippen molar-refractivity contribution < 1.29 is 4.79 Å². The molecule has 6 heteroatoms. The predicted octanol–water partition coefficient (Wildman–Crippen LogP) is 2.02. The molecule has 1 N–H and O–H groups in total. The first-order valence-corrected chi connectivity index (χ1v) is 10.6. The van der Waals surface area contributed by atoms with Gasteiger partial charge in [-0.25, -0.2) is 0 Å². The lowest BCUT2D eigenvalue weighted by atomic mass is 10.1. The fourth-order valence-corrected chi connectivity index (χ4v) is 3.76. The quantitative estimate of drug-likeness (QED) is 0.426. The smallest absolute Gasteiger partial charge is 0.236 e. The van der Waals surface area contributed by atoms with Crippen molar-refractivity contribution in [2.75, 3.05) is 59.4 Å². The molecule has 0 aromatic rings. The van der Waals surface area contributed by atoms with E-state index < -0.39 is 0 Å². The predicted molar refractivity (Wildman–Crippen MR) is 108 cm³/mol. The molecule has 2 fully saturated rings. The number of unbranched alkanes of at least 4 members (excludes halogenated alkanes) is 1. The largest absolute Gasteiger partial charge is 0.356 e. The maximum atomic E-state index is 12.4. The van der Waals surface area contributed by atoms with Gasteiger partial charge in [-0.3, -0.25) is 14.7 Å². The molecule has 0 aliphatic carbocycles. The number of nitrogens with zero attached hydrogens (tertiary/aromatic N) is 4. The van der Waals surface area contributed by atoms with Gasteiger partial charge in [0.25, 0.3) is 0 Å². The Morgan fingerprint density at radius 1 is 0.962 bits per heavy atom. The Bertz CT molecular complexity index is 437. The molecule has 2 heterocycles. The van der Waals surface area contributed by atoms with Crippen LogP contribution >= 0.6 is 0 Å². The number of aliphatic imine (C=N–C) groups is 1. The van der Waals surface area contributed by atoms with Gasteiger partial charge >= 0.3 is 0 Å². The Labute approximate surface area is 160 Å². The van der Waals surface area contributed by atoms with Crippen molar-refractivity contribution in [3.05, 3.63) is 0 Å². The number of carbonyl (C=O) groups excluding carboxylic acids is 1. The highest BCUT2D eigenvalue weighted by atomic mass is 16.2. The zero-order valence-electron chi connectivity index (χ0n) is 17.2. The normalized spacial score (nSPS) is 19.9. The molecule has 2 rings (SSSR count). The van der Waals surface area contributed by atoms with Gasteiger partial charge in [-0.05, 0) is 31.6 Å². The number of guanidine groups is 1. The minimum absolute atomic E-state index is 0.311. The molecule has 1 amide bonds. The van der Waals surface area contributed by atoms with Crippen molar-refractivity contribution in [3.63, 3.8) is 0 Å². The second kappa shape index (κ2) is 11.4. The number of hydrogen-bond donors (Lipinski definition) is 1. The lowest BCUT2D eigenvalue weighted by molar-refractivity contribution is -0.133. The van der Waals surface area contributed by atoms with Crippen molar-refractivity contribution in [2.24, 2.45) is 10.9 Å². The van der Waals surface area contributed by atoms with Crippen molar-refractivity contribution in [2.45, 2.75) is 52.4 Å². The monoisotopic (exact) mass is 365 g/mol. The van der Waals surface area contributed by atoms with Gasteiger partial charge in [-0.15, -0.1) is 0 Å². The van der Waals surface area contributed by atoms with Crippen molar-refractivity contribution in [1.82, 2.24) is 20.0 Å². The summed E-state index contributed by atoms with van der Waals surface area (Å²) in [5.74, 6) is 2.11. The van der Waals surface area contributed by atoms with Crippen LogP contribution in [0.4, 0.5) is 0 Å². The molecule has 0 saturated carbocycles. The first-order chi connectivity index (χ1) is 12.6. The number of hydrogen-bond acceptors (Lipinski definition) is 3. The van der Waals surface area contributed by atoms with Crippen LogP contribution in [-0.4, -0.2) is 86.0 Å². The lowest BCUT2D eigenvalue weighted by Crippen LogP contribution is -2.54. The summed E-state index contributed by atoms with van der Waals surface area (Å²) in [5.41, 5.74) is 0. The highest BCUT2D eigenvalue weighted by molar-refractivity contribution is 5.80. The van der Waals surface area contributed by atoms with Crippen LogP contribution in [0.2, 0.25) is 0 Å². The molecular formula is C20H39N5O. The van der Waals surface area contributed by atoms with Crippen LogP contribution in [0.1, 0.15) is 52.4 Å². The van der Waals surface area contributed by atoms with Crippen molar-refractivity contribution in [3.8, 4) is 0 Å². The summed E-state index contributed by atoms with van der Waals surface area (Å²) in [5, 5.41) is 3.50. The molecule has 2 saturated heterocycles. The fourth-order valence-electron chi connectivity index (χ4n) is 3.76. The van der Waals surface area contributed by atoms with Crippen LogP contribution in [-0.2, 0) is 4.79 Å². The molecule has 0 aromatic carbocycles. The standard InChI is InChI=1S/C20H39N5O/c1-18(2)9-5-6-10-22-20(21-3)25-15-13-23(14-16-25)17-19(26)24-11-7-4-8-12-24/h18H,4-17H2,1-3H3,(H,21,22). The molecule has 2 aliphatic heterocycles. The van der Waals surface area contributed by atoms with E-state index in [1.54, 1.807) is 0 Å². The van der Waals surface area contributed by atoms with E-state index in [2.05, 4.69) is 34.0 Å². The number of nitrogens with one attached hydrogen (secondary N) is 1. The van der Waals surface area contributed by atoms with E-state index in [0.717, 1.165) is 57.7 Å². The maximum absolute atomic E-state index is 12.4. The Balaban J connectivity index is 1.65. The van der Waals surface area contributed by atoms with Crippen molar-refractivity contribution in [1.29, 1.82) is 0 Å². The summed E-state index contributed by atoms with van der Waals surface area (Å²) in [7, 11) is 1.86. The zero-order valence-corrected chi connectivity index (χ0v) is 17.2. The molecule has 0 aromatic heterocycles. The van der Waals surface area contributed by atoms with Gasteiger partial charge in [0.2, 0.25) is 5.91 Å². The average Bonchev–Trinajstić information content (AvgIpc) is 2.66. The molecule has 26 heavy (non-hydrogen) atoms. The molecule has 0 radical (unpaired) electrons. The van der Waals surface area contributed by atoms with E-state index in [-0.39, 0.29) is 0 Å². The molecule has 2 aliphatic rings. The molecule has 0 bridgehead atoms. The number of piperidine rings is 1. The van der Waals surface area contributed by atoms with Crippen LogP contribution < -0.4 is 5.32 Å². The number of amides is 1. The van der Waals surface area contributed by atoms with E-state index in [0.29, 0.717) is 12.5 Å². The highest BCUT2D eigenvalue weighted by Gasteiger charge is 2.23.